The Hall–Kier alpha value is -1.75. The summed E-state index contributed by atoms with van der Waals surface area (Å²) in [5, 5.41) is 21.3. The lowest BCUT2D eigenvalue weighted by atomic mass is 9.45. The van der Waals surface area contributed by atoms with Gasteiger partial charge in [0.15, 0.2) is 23.5 Å². The van der Waals surface area contributed by atoms with E-state index in [0.29, 0.717) is 31.1 Å². The fourth-order valence-electron chi connectivity index (χ4n) is 6.97. The van der Waals surface area contributed by atoms with Gasteiger partial charge in [0.1, 0.15) is 0 Å². The van der Waals surface area contributed by atoms with Crippen molar-refractivity contribution in [2.24, 2.45) is 28.6 Å². The molecule has 0 aliphatic heterocycles. The van der Waals surface area contributed by atoms with Crippen molar-refractivity contribution in [1.82, 2.24) is 0 Å². The van der Waals surface area contributed by atoms with Crippen molar-refractivity contribution >= 4 is 12.1 Å². The molecule has 7 unspecified atom stereocenters. The SMILES string of the molecule is CC1CC2C3CCC4=CC(=O)C=CC4(C)C3(F)C(O)CC2(C)/C1=C(\O)C=O. The van der Waals surface area contributed by atoms with E-state index in [1.165, 1.54) is 12.2 Å². The fraction of sp³-hybridized carbons (Fsp3) is 0.636. The molecule has 0 saturated heterocycles. The molecule has 2 N–H and O–H groups in total. The van der Waals surface area contributed by atoms with Crippen LogP contribution in [0.2, 0.25) is 0 Å². The van der Waals surface area contributed by atoms with E-state index in [-0.39, 0.29) is 29.8 Å². The topological polar surface area (TPSA) is 74.6 Å². The maximum atomic E-state index is 16.8. The van der Waals surface area contributed by atoms with E-state index in [0.717, 1.165) is 5.57 Å². The molecule has 3 fully saturated rings. The van der Waals surface area contributed by atoms with Gasteiger partial charge in [-0.3, -0.25) is 9.59 Å². The summed E-state index contributed by atoms with van der Waals surface area (Å²) in [7, 11) is 0. The first kappa shape index (κ1) is 18.6. The number of aldehydes is 1. The number of hydrogen-bond acceptors (Lipinski definition) is 4. The molecule has 0 aromatic carbocycles. The minimum absolute atomic E-state index is 0.0343. The zero-order chi connectivity index (χ0) is 19.8. The number of carbonyl (C=O) groups excluding carboxylic acids is 2. The van der Waals surface area contributed by atoms with Crippen molar-refractivity contribution in [1.29, 1.82) is 0 Å². The Bertz CT molecular complexity index is 811. The lowest BCUT2D eigenvalue weighted by molar-refractivity contribution is -0.184. The number of aliphatic hydroxyl groups excluding tert-OH is 2. The number of fused-ring (bicyclic) bond motifs is 5. The van der Waals surface area contributed by atoms with Gasteiger partial charge in [0, 0.05) is 11.3 Å². The van der Waals surface area contributed by atoms with E-state index in [1.54, 1.807) is 13.0 Å². The van der Waals surface area contributed by atoms with E-state index >= 15 is 4.39 Å². The standard InChI is InChI=1S/C22H27FO4/c1-12-8-16-15-5-4-13-9-14(25)6-7-21(13,3)22(15,23)18(27)10-20(16,2)19(12)17(26)11-24/h6-7,9,11-12,15-16,18,26-27H,4-5,8,10H2,1-3H3/b19-17-. The van der Waals surface area contributed by atoms with Crippen LogP contribution in [-0.4, -0.2) is 34.1 Å². The number of aliphatic hydroxyl groups is 2. The summed E-state index contributed by atoms with van der Waals surface area (Å²) in [4.78, 5) is 23.1. The number of rotatable bonds is 1. The average molecular weight is 374 g/mol. The first-order valence-corrected chi connectivity index (χ1v) is 9.79. The van der Waals surface area contributed by atoms with Gasteiger partial charge in [0.05, 0.1) is 6.10 Å². The van der Waals surface area contributed by atoms with Crippen LogP contribution in [0.15, 0.2) is 35.1 Å². The van der Waals surface area contributed by atoms with Crippen molar-refractivity contribution in [3.05, 3.63) is 35.1 Å². The zero-order valence-electron chi connectivity index (χ0n) is 16.0. The molecule has 146 valence electrons. The molecule has 0 aromatic rings. The van der Waals surface area contributed by atoms with Crippen molar-refractivity contribution in [3.8, 4) is 0 Å². The maximum Gasteiger partial charge on any atom is 0.184 e. The maximum absolute atomic E-state index is 16.8. The van der Waals surface area contributed by atoms with E-state index in [4.69, 9.17) is 0 Å². The van der Waals surface area contributed by atoms with Gasteiger partial charge in [0.2, 0.25) is 0 Å². The molecule has 4 aliphatic rings. The Labute approximate surface area is 158 Å². The number of allylic oxidation sites excluding steroid dienone is 6. The van der Waals surface area contributed by atoms with Crippen molar-refractivity contribution < 1.29 is 24.2 Å². The van der Waals surface area contributed by atoms with E-state index in [9.17, 15) is 19.8 Å². The quantitative estimate of drug-likeness (QED) is 0.418. The number of alkyl halides is 1. The third-order valence-corrected chi connectivity index (χ3v) is 8.13. The molecule has 7 atom stereocenters. The molecular weight excluding hydrogens is 347 g/mol. The highest BCUT2D eigenvalue weighted by molar-refractivity contribution is 6.01. The fourth-order valence-corrected chi connectivity index (χ4v) is 6.97. The predicted molar refractivity (Wildman–Crippen MR) is 98.6 cm³/mol. The molecule has 5 heteroatoms. The van der Waals surface area contributed by atoms with Gasteiger partial charge in [0.25, 0.3) is 0 Å². The van der Waals surface area contributed by atoms with Crippen molar-refractivity contribution in [3.63, 3.8) is 0 Å². The molecule has 0 heterocycles. The van der Waals surface area contributed by atoms with E-state index in [2.05, 4.69) is 0 Å². The average Bonchev–Trinajstić information content (AvgIpc) is 2.86. The highest BCUT2D eigenvalue weighted by atomic mass is 19.1. The van der Waals surface area contributed by atoms with E-state index in [1.807, 2.05) is 13.8 Å². The van der Waals surface area contributed by atoms with Gasteiger partial charge in [-0.1, -0.05) is 25.5 Å². The number of ketones is 1. The zero-order valence-corrected chi connectivity index (χ0v) is 16.0. The molecule has 0 radical (unpaired) electrons. The highest BCUT2D eigenvalue weighted by Gasteiger charge is 2.70. The molecule has 4 aliphatic carbocycles. The second-order valence-electron chi connectivity index (χ2n) is 9.32. The summed E-state index contributed by atoms with van der Waals surface area (Å²) in [5.41, 5.74) is -2.06. The number of carbonyl (C=O) groups is 2. The van der Waals surface area contributed by atoms with Gasteiger partial charge >= 0.3 is 0 Å². The number of halogens is 1. The van der Waals surface area contributed by atoms with Gasteiger partial charge in [-0.2, -0.15) is 0 Å². The molecule has 4 rings (SSSR count). The smallest absolute Gasteiger partial charge is 0.184 e. The monoisotopic (exact) mass is 374 g/mol. The Balaban J connectivity index is 1.85. The summed E-state index contributed by atoms with van der Waals surface area (Å²) in [6.07, 6.45) is 5.82. The van der Waals surface area contributed by atoms with Gasteiger partial charge < -0.3 is 10.2 Å². The Kier molecular flexibility index (Phi) is 3.88. The normalized spacial score (nSPS) is 50.4. The Morgan fingerprint density at radius 3 is 2.70 bits per heavy atom. The summed E-state index contributed by atoms with van der Waals surface area (Å²) >= 11 is 0. The molecule has 0 bridgehead atoms. The summed E-state index contributed by atoms with van der Waals surface area (Å²) < 4.78 is 16.8. The van der Waals surface area contributed by atoms with Gasteiger partial charge in [-0.15, -0.1) is 0 Å². The van der Waals surface area contributed by atoms with Crippen molar-refractivity contribution in [2.45, 2.75) is 58.2 Å². The van der Waals surface area contributed by atoms with Crippen LogP contribution in [0, 0.1) is 28.6 Å². The molecule has 0 spiro atoms. The highest BCUT2D eigenvalue weighted by Crippen LogP contribution is 2.69. The molecule has 4 nitrogen and oxygen atoms in total. The van der Waals surface area contributed by atoms with E-state index < -0.39 is 28.5 Å². The third kappa shape index (κ3) is 2.12. The van der Waals surface area contributed by atoms with Crippen LogP contribution in [0.1, 0.15) is 46.5 Å². The Morgan fingerprint density at radius 1 is 1.33 bits per heavy atom. The predicted octanol–water partition coefficient (Wildman–Crippen LogP) is 3.61. The minimum Gasteiger partial charge on any atom is -0.505 e. The molecular formula is C22H27FO4. The molecule has 27 heavy (non-hydrogen) atoms. The largest absolute Gasteiger partial charge is 0.505 e. The van der Waals surface area contributed by atoms with Crippen LogP contribution in [0.5, 0.6) is 0 Å². The summed E-state index contributed by atoms with van der Waals surface area (Å²) in [5.74, 6) is -0.895. The van der Waals surface area contributed by atoms with Crippen LogP contribution in [0.25, 0.3) is 0 Å². The van der Waals surface area contributed by atoms with Crippen molar-refractivity contribution in [2.75, 3.05) is 0 Å². The summed E-state index contributed by atoms with van der Waals surface area (Å²) in [6.45, 7) is 5.70. The third-order valence-electron chi connectivity index (χ3n) is 8.13. The van der Waals surface area contributed by atoms with Crippen LogP contribution in [-0.2, 0) is 9.59 Å². The van der Waals surface area contributed by atoms with Gasteiger partial charge in [-0.05, 0) is 67.6 Å². The van der Waals surface area contributed by atoms with Gasteiger partial charge in [-0.25, -0.2) is 4.39 Å². The minimum atomic E-state index is -1.87. The lowest BCUT2D eigenvalue weighted by Crippen LogP contribution is -2.66. The lowest BCUT2D eigenvalue weighted by Gasteiger charge is -2.61. The summed E-state index contributed by atoms with van der Waals surface area (Å²) in [6, 6.07) is 0. The number of hydrogen-bond donors (Lipinski definition) is 2. The molecule has 0 amide bonds. The molecule has 3 saturated carbocycles. The van der Waals surface area contributed by atoms with Crippen LogP contribution in [0.4, 0.5) is 4.39 Å². The van der Waals surface area contributed by atoms with Crippen LogP contribution >= 0.6 is 0 Å². The first-order valence-electron chi connectivity index (χ1n) is 9.79. The van der Waals surface area contributed by atoms with Crippen LogP contribution in [0.3, 0.4) is 0 Å². The first-order chi connectivity index (χ1) is 12.6. The Morgan fingerprint density at radius 2 is 2.04 bits per heavy atom. The van der Waals surface area contributed by atoms with Crippen LogP contribution < -0.4 is 0 Å². The second-order valence-corrected chi connectivity index (χ2v) is 9.32. The molecule has 0 aromatic heterocycles. The second kappa shape index (κ2) is 5.63.